The number of benzene rings is 1. The van der Waals surface area contributed by atoms with E-state index in [1.165, 1.54) is 6.07 Å². The van der Waals surface area contributed by atoms with E-state index in [-0.39, 0.29) is 17.8 Å². The molecule has 1 aliphatic rings. The summed E-state index contributed by atoms with van der Waals surface area (Å²) < 4.78 is 5.69. The van der Waals surface area contributed by atoms with E-state index >= 15 is 0 Å². The lowest BCUT2D eigenvalue weighted by Crippen LogP contribution is -2.34. The van der Waals surface area contributed by atoms with Crippen molar-refractivity contribution < 1.29 is 14.6 Å². The molecule has 2 atom stereocenters. The maximum atomic E-state index is 12.0. The van der Waals surface area contributed by atoms with Crippen molar-refractivity contribution in [3.63, 3.8) is 0 Å². The van der Waals surface area contributed by atoms with E-state index in [0.29, 0.717) is 23.9 Å². The highest BCUT2D eigenvalue weighted by molar-refractivity contribution is 5.94. The number of hydrogen-bond acceptors (Lipinski definition) is 3. The summed E-state index contributed by atoms with van der Waals surface area (Å²) in [5.74, 6) is 0.800. The Labute approximate surface area is 113 Å². The topological polar surface area (TPSA) is 58.6 Å². The fraction of sp³-hybridized carbons (Fsp3) is 0.533. The predicted octanol–water partition coefficient (Wildman–Crippen LogP) is 2.18. The first-order valence-corrected chi connectivity index (χ1v) is 6.76. The largest absolute Gasteiger partial charge is 0.508 e. The standard InChI is InChI=1S/C15H21NO3/c1-10(2)14-12(6-7-19-14)9-16-15(18)11-4-3-5-13(17)8-11/h3-5,8,10,12,14,17H,6-7,9H2,1-2H3,(H,16,18)/t12-,14+/m1/s1. The molecule has 1 aromatic carbocycles. The van der Waals surface area contributed by atoms with Crippen molar-refractivity contribution in [2.45, 2.75) is 26.4 Å². The Morgan fingerprint density at radius 3 is 3.00 bits per heavy atom. The highest BCUT2D eigenvalue weighted by Gasteiger charge is 2.30. The van der Waals surface area contributed by atoms with Crippen LogP contribution >= 0.6 is 0 Å². The van der Waals surface area contributed by atoms with Crippen LogP contribution in [0, 0.1) is 11.8 Å². The van der Waals surface area contributed by atoms with Gasteiger partial charge in [0.1, 0.15) is 5.75 Å². The van der Waals surface area contributed by atoms with Gasteiger partial charge in [-0.25, -0.2) is 0 Å². The summed E-state index contributed by atoms with van der Waals surface area (Å²) in [6, 6.07) is 6.39. The van der Waals surface area contributed by atoms with E-state index in [4.69, 9.17) is 4.74 Å². The van der Waals surface area contributed by atoms with Crippen LogP contribution in [0.1, 0.15) is 30.6 Å². The summed E-state index contributed by atoms with van der Waals surface area (Å²) >= 11 is 0. The molecule has 2 rings (SSSR count). The molecule has 0 unspecified atom stereocenters. The van der Waals surface area contributed by atoms with Gasteiger partial charge in [-0.15, -0.1) is 0 Å². The van der Waals surface area contributed by atoms with Crippen LogP contribution in [0.15, 0.2) is 24.3 Å². The fourth-order valence-electron chi connectivity index (χ4n) is 2.58. The Hall–Kier alpha value is -1.55. The summed E-state index contributed by atoms with van der Waals surface area (Å²) in [7, 11) is 0. The third kappa shape index (κ3) is 3.47. The normalized spacial score (nSPS) is 22.7. The van der Waals surface area contributed by atoms with E-state index in [0.717, 1.165) is 13.0 Å². The third-order valence-corrected chi connectivity index (χ3v) is 3.55. The van der Waals surface area contributed by atoms with Crippen LogP contribution in [-0.4, -0.2) is 30.3 Å². The number of nitrogens with one attached hydrogen (secondary N) is 1. The molecule has 0 radical (unpaired) electrons. The molecule has 1 fully saturated rings. The Kier molecular flexibility index (Phi) is 4.43. The zero-order chi connectivity index (χ0) is 13.8. The zero-order valence-corrected chi connectivity index (χ0v) is 11.4. The number of rotatable bonds is 4. The van der Waals surface area contributed by atoms with E-state index in [1.54, 1.807) is 18.2 Å². The molecule has 1 saturated heterocycles. The minimum absolute atomic E-state index is 0.108. The average Bonchev–Trinajstić information content (AvgIpc) is 2.84. The lowest BCUT2D eigenvalue weighted by molar-refractivity contribution is 0.0533. The molecule has 1 aliphatic heterocycles. The number of ether oxygens (including phenoxy) is 1. The molecule has 1 aromatic rings. The second-order valence-corrected chi connectivity index (χ2v) is 5.39. The van der Waals surface area contributed by atoms with Crippen LogP contribution in [0.3, 0.4) is 0 Å². The Morgan fingerprint density at radius 2 is 2.32 bits per heavy atom. The van der Waals surface area contributed by atoms with Crippen LogP contribution < -0.4 is 5.32 Å². The van der Waals surface area contributed by atoms with E-state index in [9.17, 15) is 9.90 Å². The van der Waals surface area contributed by atoms with Gasteiger partial charge in [0.15, 0.2) is 0 Å². The smallest absolute Gasteiger partial charge is 0.251 e. The van der Waals surface area contributed by atoms with Crippen molar-refractivity contribution in [2.24, 2.45) is 11.8 Å². The number of amides is 1. The third-order valence-electron chi connectivity index (χ3n) is 3.55. The lowest BCUT2D eigenvalue weighted by atomic mass is 9.93. The highest BCUT2D eigenvalue weighted by Crippen LogP contribution is 2.26. The van der Waals surface area contributed by atoms with Gasteiger partial charge in [0, 0.05) is 24.6 Å². The Balaban J connectivity index is 1.90. The highest BCUT2D eigenvalue weighted by atomic mass is 16.5. The Bertz CT molecular complexity index is 445. The first-order valence-electron chi connectivity index (χ1n) is 6.76. The van der Waals surface area contributed by atoms with Crippen molar-refractivity contribution in [2.75, 3.05) is 13.2 Å². The monoisotopic (exact) mass is 263 g/mol. The predicted molar refractivity (Wildman–Crippen MR) is 73.1 cm³/mol. The molecule has 104 valence electrons. The van der Waals surface area contributed by atoms with Gasteiger partial charge in [0.2, 0.25) is 0 Å². The molecular formula is C15H21NO3. The molecule has 4 heteroatoms. The Morgan fingerprint density at radius 1 is 1.53 bits per heavy atom. The van der Waals surface area contributed by atoms with Crippen LogP contribution in [0.5, 0.6) is 5.75 Å². The minimum atomic E-state index is -0.148. The number of phenols is 1. The van der Waals surface area contributed by atoms with Gasteiger partial charge in [0.05, 0.1) is 6.10 Å². The molecule has 0 aromatic heterocycles. The molecule has 0 bridgehead atoms. The average molecular weight is 263 g/mol. The van der Waals surface area contributed by atoms with Gasteiger partial charge in [0.25, 0.3) is 5.91 Å². The number of aromatic hydroxyl groups is 1. The van der Waals surface area contributed by atoms with E-state index in [2.05, 4.69) is 19.2 Å². The number of carbonyl (C=O) groups is 1. The first kappa shape index (κ1) is 13.9. The van der Waals surface area contributed by atoms with Crippen molar-refractivity contribution >= 4 is 5.91 Å². The second-order valence-electron chi connectivity index (χ2n) is 5.39. The maximum Gasteiger partial charge on any atom is 0.251 e. The van der Waals surface area contributed by atoms with E-state index in [1.807, 2.05) is 0 Å². The molecule has 1 heterocycles. The number of carbonyl (C=O) groups excluding carboxylic acids is 1. The summed E-state index contributed by atoms with van der Waals surface area (Å²) in [4.78, 5) is 12.0. The molecule has 0 saturated carbocycles. The molecule has 4 nitrogen and oxygen atoms in total. The van der Waals surface area contributed by atoms with Gasteiger partial charge in [-0.05, 0) is 30.5 Å². The van der Waals surface area contributed by atoms with Gasteiger partial charge in [-0.2, -0.15) is 0 Å². The lowest BCUT2D eigenvalue weighted by Gasteiger charge is -2.22. The number of hydrogen-bond donors (Lipinski definition) is 2. The van der Waals surface area contributed by atoms with Gasteiger partial charge in [-0.1, -0.05) is 19.9 Å². The molecule has 2 N–H and O–H groups in total. The fourth-order valence-corrected chi connectivity index (χ4v) is 2.58. The van der Waals surface area contributed by atoms with Crippen molar-refractivity contribution in [1.82, 2.24) is 5.32 Å². The molecule has 0 spiro atoms. The maximum absolute atomic E-state index is 12.0. The van der Waals surface area contributed by atoms with Crippen molar-refractivity contribution in [1.29, 1.82) is 0 Å². The van der Waals surface area contributed by atoms with E-state index < -0.39 is 0 Å². The van der Waals surface area contributed by atoms with Crippen molar-refractivity contribution in [3.05, 3.63) is 29.8 Å². The van der Waals surface area contributed by atoms with Crippen LogP contribution in [-0.2, 0) is 4.74 Å². The molecule has 1 amide bonds. The van der Waals surface area contributed by atoms with Crippen molar-refractivity contribution in [3.8, 4) is 5.75 Å². The summed E-state index contributed by atoms with van der Waals surface area (Å²) in [6.07, 6.45) is 1.22. The van der Waals surface area contributed by atoms with Crippen LogP contribution in [0.2, 0.25) is 0 Å². The van der Waals surface area contributed by atoms with Gasteiger partial charge >= 0.3 is 0 Å². The summed E-state index contributed by atoms with van der Waals surface area (Å²) in [5, 5.41) is 12.3. The quantitative estimate of drug-likeness (QED) is 0.875. The van der Waals surface area contributed by atoms with Gasteiger partial charge < -0.3 is 15.2 Å². The van der Waals surface area contributed by atoms with Crippen LogP contribution in [0.4, 0.5) is 0 Å². The zero-order valence-electron chi connectivity index (χ0n) is 11.4. The summed E-state index contributed by atoms with van der Waals surface area (Å²) in [5.41, 5.74) is 0.486. The first-order chi connectivity index (χ1) is 9.08. The molecule has 19 heavy (non-hydrogen) atoms. The minimum Gasteiger partial charge on any atom is -0.508 e. The SMILES string of the molecule is CC(C)[C@@H]1OCC[C@@H]1CNC(=O)c1cccc(O)c1. The molecule has 0 aliphatic carbocycles. The second kappa shape index (κ2) is 6.06. The van der Waals surface area contributed by atoms with Crippen LogP contribution in [0.25, 0.3) is 0 Å². The number of phenolic OH excluding ortho intramolecular Hbond substituents is 1. The summed E-state index contributed by atoms with van der Waals surface area (Å²) in [6.45, 7) is 5.67. The van der Waals surface area contributed by atoms with Gasteiger partial charge in [-0.3, -0.25) is 4.79 Å². The molecular weight excluding hydrogens is 242 g/mol.